The number of thioether (sulfide) groups is 1. The van der Waals surface area contributed by atoms with Crippen LogP contribution in [0.3, 0.4) is 0 Å². The van der Waals surface area contributed by atoms with Crippen molar-refractivity contribution in [1.29, 1.82) is 0 Å². The van der Waals surface area contributed by atoms with Gasteiger partial charge in [0.05, 0.1) is 5.69 Å². The Kier molecular flexibility index (Phi) is 4.54. The maximum absolute atomic E-state index is 12.3. The highest BCUT2D eigenvalue weighted by Gasteiger charge is 2.15. The molecule has 0 radical (unpaired) electrons. The molecule has 134 valence electrons. The number of rotatable bonds is 4. The number of fused-ring (bicyclic) bond motifs is 2. The van der Waals surface area contributed by atoms with Crippen LogP contribution < -0.4 is 5.56 Å². The smallest absolute Gasteiger partial charge is 0.267 e. The maximum atomic E-state index is 12.3. The van der Waals surface area contributed by atoms with Gasteiger partial charge in [-0.1, -0.05) is 30.0 Å². The highest BCUT2D eigenvalue weighted by molar-refractivity contribution is 7.98. The minimum absolute atomic E-state index is 0.131. The summed E-state index contributed by atoms with van der Waals surface area (Å²) in [5.74, 6) is 1.35. The van der Waals surface area contributed by atoms with Gasteiger partial charge in [0, 0.05) is 22.1 Å². The molecule has 4 heterocycles. The van der Waals surface area contributed by atoms with E-state index < -0.39 is 0 Å². The van der Waals surface area contributed by atoms with E-state index in [1.54, 1.807) is 29.2 Å². The SMILES string of the molecule is CCc1nn2c(=O)cc(CSc3nc(C)nc4sc(C)c(C)c34)nc2s1. The fraction of sp³-hybridized carbons (Fsp3) is 0.353. The van der Waals surface area contributed by atoms with Crippen LogP contribution in [0.2, 0.25) is 0 Å². The van der Waals surface area contributed by atoms with Crippen molar-refractivity contribution < 1.29 is 0 Å². The molecule has 0 aliphatic carbocycles. The number of hydrogen-bond acceptors (Lipinski definition) is 8. The first-order valence-electron chi connectivity index (χ1n) is 8.22. The number of aromatic nitrogens is 5. The molecule has 0 amide bonds. The topological polar surface area (TPSA) is 73.0 Å². The van der Waals surface area contributed by atoms with Gasteiger partial charge < -0.3 is 0 Å². The lowest BCUT2D eigenvalue weighted by molar-refractivity contribution is 0.852. The molecule has 4 aromatic heterocycles. The Labute approximate surface area is 162 Å². The van der Waals surface area contributed by atoms with Gasteiger partial charge in [-0.3, -0.25) is 4.79 Å². The molecule has 0 fully saturated rings. The summed E-state index contributed by atoms with van der Waals surface area (Å²) < 4.78 is 1.39. The molecular weight excluding hydrogens is 386 g/mol. The Hall–Kier alpha value is -1.84. The van der Waals surface area contributed by atoms with Crippen molar-refractivity contribution in [2.24, 2.45) is 0 Å². The molecule has 0 unspecified atom stereocenters. The molecule has 0 N–H and O–H groups in total. The van der Waals surface area contributed by atoms with E-state index in [1.165, 1.54) is 26.3 Å². The van der Waals surface area contributed by atoms with Gasteiger partial charge >= 0.3 is 0 Å². The van der Waals surface area contributed by atoms with Crippen LogP contribution in [-0.2, 0) is 12.2 Å². The van der Waals surface area contributed by atoms with Crippen LogP contribution in [0.5, 0.6) is 0 Å². The summed E-state index contributed by atoms with van der Waals surface area (Å²) in [4.78, 5) is 29.0. The summed E-state index contributed by atoms with van der Waals surface area (Å²) in [7, 11) is 0. The van der Waals surface area contributed by atoms with Crippen LogP contribution in [0, 0.1) is 20.8 Å². The van der Waals surface area contributed by atoms with Crippen molar-refractivity contribution >= 4 is 49.6 Å². The third-order valence-electron chi connectivity index (χ3n) is 4.11. The van der Waals surface area contributed by atoms with E-state index in [1.807, 2.05) is 13.8 Å². The average molecular weight is 404 g/mol. The molecule has 0 atom stereocenters. The third-order valence-corrected chi connectivity index (χ3v) is 7.27. The minimum atomic E-state index is -0.131. The Bertz CT molecular complexity index is 1190. The summed E-state index contributed by atoms with van der Waals surface area (Å²) in [6, 6.07) is 1.57. The summed E-state index contributed by atoms with van der Waals surface area (Å²) >= 11 is 4.77. The first kappa shape index (κ1) is 17.6. The second kappa shape index (κ2) is 6.71. The molecular formula is C17H17N5OS3. The van der Waals surface area contributed by atoms with Crippen molar-refractivity contribution in [2.75, 3.05) is 0 Å². The lowest BCUT2D eigenvalue weighted by Crippen LogP contribution is -2.15. The van der Waals surface area contributed by atoms with Gasteiger partial charge in [-0.15, -0.1) is 11.3 Å². The summed E-state index contributed by atoms with van der Waals surface area (Å²) in [6.07, 6.45) is 0.798. The molecule has 0 aliphatic heterocycles. The minimum Gasteiger partial charge on any atom is -0.267 e. The molecule has 0 bridgehead atoms. The number of nitrogens with zero attached hydrogens (tertiary/aromatic N) is 5. The third kappa shape index (κ3) is 3.04. The first-order chi connectivity index (χ1) is 12.5. The Balaban J connectivity index is 1.70. The van der Waals surface area contributed by atoms with Gasteiger partial charge in [0.15, 0.2) is 0 Å². The van der Waals surface area contributed by atoms with Crippen molar-refractivity contribution in [3.63, 3.8) is 0 Å². The average Bonchev–Trinajstić information content (AvgIpc) is 3.14. The lowest BCUT2D eigenvalue weighted by atomic mass is 10.2. The molecule has 0 spiro atoms. The van der Waals surface area contributed by atoms with Crippen molar-refractivity contribution in [2.45, 2.75) is 44.9 Å². The zero-order valence-corrected chi connectivity index (χ0v) is 17.3. The lowest BCUT2D eigenvalue weighted by Gasteiger charge is -2.05. The normalized spacial score (nSPS) is 11.7. The summed E-state index contributed by atoms with van der Waals surface area (Å²) in [5.41, 5.74) is 1.85. The van der Waals surface area contributed by atoms with Crippen LogP contribution in [0.25, 0.3) is 15.2 Å². The second-order valence-corrected chi connectivity index (χ2v) is 9.17. The Morgan fingerprint density at radius 3 is 2.73 bits per heavy atom. The molecule has 6 nitrogen and oxygen atoms in total. The van der Waals surface area contributed by atoms with E-state index in [0.717, 1.165) is 38.2 Å². The summed E-state index contributed by atoms with van der Waals surface area (Å²) in [6.45, 7) is 8.15. The van der Waals surface area contributed by atoms with Gasteiger partial charge in [-0.05, 0) is 32.8 Å². The molecule has 0 aromatic carbocycles. The zero-order chi connectivity index (χ0) is 18.4. The van der Waals surface area contributed by atoms with Crippen LogP contribution >= 0.6 is 34.4 Å². The number of aryl methyl sites for hydroxylation is 4. The molecule has 26 heavy (non-hydrogen) atoms. The van der Waals surface area contributed by atoms with E-state index in [4.69, 9.17) is 0 Å². The molecule has 4 aromatic rings. The largest absolute Gasteiger partial charge is 0.275 e. The predicted octanol–water partition coefficient (Wildman–Crippen LogP) is 3.94. The van der Waals surface area contributed by atoms with E-state index in [2.05, 4.69) is 33.9 Å². The van der Waals surface area contributed by atoms with Crippen LogP contribution in [0.4, 0.5) is 0 Å². The first-order valence-corrected chi connectivity index (χ1v) is 10.8. The highest BCUT2D eigenvalue weighted by Crippen LogP contribution is 2.36. The van der Waals surface area contributed by atoms with E-state index in [0.29, 0.717) is 10.7 Å². The predicted molar refractivity (Wildman–Crippen MR) is 108 cm³/mol. The van der Waals surface area contributed by atoms with Gasteiger partial charge in [-0.25, -0.2) is 15.0 Å². The molecule has 0 saturated carbocycles. The molecule has 4 rings (SSSR count). The standard InChI is InChI=1S/C17H17N5OS3/c1-5-12-21-22-13(23)6-11(20-17(22)26-12)7-24-15-14-8(2)9(3)25-16(14)19-10(4)18-15/h6H,5,7H2,1-4H3. The fourth-order valence-corrected chi connectivity index (χ4v) is 5.69. The zero-order valence-electron chi connectivity index (χ0n) is 14.9. The van der Waals surface area contributed by atoms with E-state index in [-0.39, 0.29) is 5.56 Å². The second-order valence-electron chi connectivity index (χ2n) is 5.96. The number of thiophene rings is 1. The fourth-order valence-electron chi connectivity index (χ4n) is 2.67. The van der Waals surface area contributed by atoms with Crippen molar-refractivity contribution in [1.82, 2.24) is 24.6 Å². The van der Waals surface area contributed by atoms with Crippen molar-refractivity contribution in [3.8, 4) is 0 Å². The molecule has 9 heteroatoms. The molecule has 0 aliphatic rings. The maximum Gasteiger partial charge on any atom is 0.275 e. The van der Waals surface area contributed by atoms with Crippen molar-refractivity contribution in [3.05, 3.63) is 43.4 Å². The van der Waals surface area contributed by atoms with Gasteiger partial charge in [0.2, 0.25) is 4.96 Å². The number of hydrogen-bond donors (Lipinski definition) is 0. The van der Waals surface area contributed by atoms with Gasteiger partial charge in [-0.2, -0.15) is 9.61 Å². The highest BCUT2D eigenvalue weighted by atomic mass is 32.2. The van der Waals surface area contributed by atoms with E-state index in [9.17, 15) is 4.79 Å². The van der Waals surface area contributed by atoms with Crippen LogP contribution in [-0.4, -0.2) is 24.6 Å². The Morgan fingerprint density at radius 2 is 1.96 bits per heavy atom. The quantitative estimate of drug-likeness (QED) is 0.380. The van der Waals surface area contributed by atoms with E-state index >= 15 is 0 Å². The molecule has 0 saturated heterocycles. The summed E-state index contributed by atoms with van der Waals surface area (Å²) in [5, 5.41) is 7.28. The van der Waals surface area contributed by atoms with Crippen LogP contribution in [0.15, 0.2) is 15.9 Å². The monoisotopic (exact) mass is 403 g/mol. The van der Waals surface area contributed by atoms with Gasteiger partial charge in [0.1, 0.15) is 20.7 Å². The van der Waals surface area contributed by atoms with Gasteiger partial charge in [0.25, 0.3) is 5.56 Å². The van der Waals surface area contributed by atoms with Crippen LogP contribution in [0.1, 0.15) is 33.9 Å². The Morgan fingerprint density at radius 1 is 1.15 bits per heavy atom.